The van der Waals surface area contributed by atoms with Crippen LogP contribution in [0.15, 0.2) is 67.0 Å². The summed E-state index contributed by atoms with van der Waals surface area (Å²) in [5, 5.41) is 6.86. The zero-order chi connectivity index (χ0) is 29.1. The Morgan fingerprint density at radius 2 is 1.63 bits per heavy atom. The first-order valence-electron chi connectivity index (χ1n) is 12.7. The lowest BCUT2D eigenvalue weighted by molar-refractivity contribution is 0.262. The molecule has 3 N–H and O–H groups in total. The minimum Gasteiger partial charge on any atom is -0.493 e. The Hall–Kier alpha value is -4.83. The van der Waals surface area contributed by atoms with Gasteiger partial charge in [0.2, 0.25) is 0 Å². The molecular weight excluding hydrogens is 544 g/mol. The fraction of sp³-hybridized carbons (Fsp3) is 0.200. The van der Waals surface area contributed by atoms with Crippen LogP contribution in [0.1, 0.15) is 26.6 Å². The van der Waals surface area contributed by atoms with E-state index in [1.54, 1.807) is 75.1 Å². The molecule has 210 valence electrons. The first kappa shape index (κ1) is 27.7. The summed E-state index contributed by atoms with van der Waals surface area (Å²) in [6.45, 7) is 6.10. The average molecular weight is 573 g/mol. The molecule has 0 bridgehead atoms. The summed E-state index contributed by atoms with van der Waals surface area (Å²) in [5.74, 6) is 3.52. The summed E-state index contributed by atoms with van der Waals surface area (Å²) in [5.41, 5.74) is 2.30. The summed E-state index contributed by atoms with van der Waals surface area (Å²) < 4.78 is 16.9. The number of anilines is 2. The van der Waals surface area contributed by atoms with Crippen molar-refractivity contribution in [2.24, 2.45) is 0 Å². The van der Waals surface area contributed by atoms with E-state index in [1.165, 1.54) is 0 Å². The number of amides is 2. The van der Waals surface area contributed by atoms with Crippen molar-refractivity contribution in [3.05, 3.63) is 78.0 Å². The predicted molar refractivity (Wildman–Crippen MR) is 160 cm³/mol. The van der Waals surface area contributed by atoms with Crippen molar-refractivity contribution in [1.82, 2.24) is 19.9 Å². The molecule has 0 aliphatic carbocycles. The minimum atomic E-state index is -0.438. The van der Waals surface area contributed by atoms with Crippen LogP contribution in [-0.4, -0.2) is 40.2 Å². The second-order valence-corrected chi connectivity index (χ2v) is 10.6. The lowest BCUT2D eigenvalue weighted by Gasteiger charge is -2.14. The van der Waals surface area contributed by atoms with Gasteiger partial charge in [0.1, 0.15) is 34.0 Å². The summed E-state index contributed by atoms with van der Waals surface area (Å²) >= 11 is 5.96. The highest BCUT2D eigenvalue weighted by atomic mass is 35.5. The Labute approximate surface area is 242 Å². The summed E-state index contributed by atoms with van der Waals surface area (Å²) in [6, 6.07) is 15.5. The SMILES string of the molecule is COc1cc2nccc(Oc3ccc(NC(=O)Nc4[nH]c(C(C)(C)C)nc4-c4ccc(Cl)nc4)cc3)c2cc1OC. The Balaban J connectivity index is 1.31. The van der Waals surface area contributed by atoms with Crippen molar-refractivity contribution >= 4 is 40.0 Å². The van der Waals surface area contributed by atoms with E-state index in [0.717, 1.165) is 16.8 Å². The number of benzene rings is 2. The number of nitrogens with zero attached hydrogens (tertiary/aromatic N) is 3. The van der Waals surface area contributed by atoms with Crippen LogP contribution in [0.4, 0.5) is 16.3 Å². The van der Waals surface area contributed by atoms with E-state index in [-0.39, 0.29) is 5.41 Å². The lowest BCUT2D eigenvalue weighted by Crippen LogP contribution is -2.20. The van der Waals surface area contributed by atoms with Gasteiger partial charge in [-0.05, 0) is 48.5 Å². The molecule has 0 aliphatic heterocycles. The zero-order valence-electron chi connectivity index (χ0n) is 23.2. The highest BCUT2D eigenvalue weighted by Crippen LogP contribution is 2.37. The Morgan fingerprint density at radius 3 is 2.29 bits per heavy atom. The number of hydrogen-bond acceptors (Lipinski definition) is 7. The number of rotatable bonds is 7. The van der Waals surface area contributed by atoms with Crippen molar-refractivity contribution in [3.8, 4) is 34.3 Å². The molecular formula is C30H29ClN6O4. The highest BCUT2D eigenvalue weighted by molar-refractivity contribution is 6.29. The van der Waals surface area contributed by atoms with E-state index in [0.29, 0.717) is 50.9 Å². The van der Waals surface area contributed by atoms with Crippen LogP contribution < -0.4 is 24.8 Å². The minimum absolute atomic E-state index is 0.266. The molecule has 0 spiro atoms. The Bertz CT molecular complexity index is 1700. The molecule has 0 fully saturated rings. The number of fused-ring (bicyclic) bond motifs is 1. The number of imidazole rings is 1. The molecule has 5 aromatic rings. The van der Waals surface area contributed by atoms with Gasteiger partial charge >= 0.3 is 6.03 Å². The average Bonchev–Trinajstić information content (AvgIpc) is 3.38. The Kier molecular flexibility index (Phi) is 7.67. The smallest absolute Gasteiger partial charge is 0.324 e. The monoisotopic (exact) mass is 572 g/mol. The second kappa shape index (κ2) is 11.3. The normalized spacial score (nSPS) is 11.3. The van der Waals surface area contributed by atoms with E-state index < -0.39 is 6.03 Å². The zero-order valence-corrected chi connectivity index (χ0v) is 24.0. The van der Waals surface area contributed by atoms with Crippen LogP contribution in [0, 0.1) is 0 Å². The van der Waals surface area contributed by atoms with Crippen molar-refractivity contribution in [2.45, 2.75) is 26.2 Å². The summed E-state index contributed by atoms with van der Waals surface area (Å²) in [7, 11) is 3.15. The Morgan fingerprint density at radius 1 is 0.902 bits per heavy atom. The number of pyridine rings is 2. The summed E-state index contributed by atoms with van der Waals surface area (Å²) in [6.07, 6.45) is 3.28. The number of hydrogen-bond donors (Lipinski definition) is 3. The maximum atomic E-state index is 12.9. The topological polar surface area (TPSA) is 123 Å². The van der Waals surface area contributed by atoms with Gasteiger partial charge in [-0.25, -0.2) is 14.8 Å². The van der Waals surface area contributed by atoms with Crippen LogP contribution >= 0.6 is 11.6 Å². The number of carbonyl (C=O) groups excluding carboxylic acids is 1. The molecule has 0 aliphatic rings. The molecule has 10 nitrogen and oxygen atoms in total. The fourth-order valence-electron chi connectivity index (χ4n) is 4.09. The maximum absolute atomic E-state index is 12.9. The van der Waals surface area contributed by atoms with Crippen LogP contribution in [-0.2, 0) is 5.41 Å². The predicted octanol–water partition coefficient (Wildman–Crippen LogP) is 7.42. The lowest BCUT2D eigenvalue weighted by atomic mass is 9.96. The second-order valence-electron chi connectivity index (χ2n) is 10.2. The molecule has 3 aromatic heterocycles. The van der Waals surface area contributed by atoms with Gasteiger partial charge in [0.25, 0.3) is 0 Å². The summed E-state index contributed by atoms with van der Waals surface area (Å²) in [4.78, 5) is 29.4. The number of H-pyrrole nitrogens is 1. The number of aromatic nitrogens is 4. The van der Waals surface area contributed by atoms with Crippen LogP contribution in [0.5, 0.6) is 23.0 Å². The van der Waals surface area contributed by atoms with Crippen molar-refractivity contribution < 1.29 is 19.0 Å². The highest BCUT2D eigenvalue weighted by Gasteiger charge is 2.23. The molecule has 41 heavy (non-hydrogen) atoms. The molecule has 2 amide bonds. The first-order chi connectivity index (χ1) is 19.6. The van der Waals surface area contributed by atoms with E-state index >= 15 is 0 Å². The number of methoxy groups -OCH3 is 2. The quantitative estimate of drug-likeness (QED) is 0.173. The standard InChI is InChI=1S/C30H29ClN6O4/c1-30(2,3)28-35-26(17-6-11-25(31)33-16-17)27(36-28)37-29(38)34-18-7-9-19(10-8-18)41-22-12-13-32-21-15-24(40-5)23(39-4)14-20(21)22/h6-16H,1-5H3,(H,35,36)(H2,34,37,38). The van der Waals surface area contributed by atoms with Crippen molar-refractivity contribution in [1.29, 1.82) is 0 Å². The van der Waals surface area contributed by atoms with E-state index in [4.69, 9.17) is 30.8 Å². The van der Waals surface area contributed by atoms with E-state index in [1.807, 2.05) is 26.8 Å². The van der Waals surface area contributed by atoms with E-state index in [9.17, 15) is 4.79 Å². The molecule has 0 unspecified atom stereocenters. The number of halogens is 1. The number of urea groups is 1. The van der Waals surface area contributed by atoms with Gasteiger partial charge < -0.3 is 24.5 Å². The van der Waals surface area contributed by atoms with Gasteiger partial charge in [0, 0.05) is 40.5 Å². The van der Waals surface area contributed by atoms with Gasteiger partial charge in [-0.3, -0.25) is 10.3 Å². The third kappa shape index (κ3) is 6.17. The van der Waals surface area contributed by atoms with Gasteiger partial charge in [0.15, 0.2) is 11.5 Å². The van der Waals surface area contributed by atoms with Gasteiger partial charge in [-0.15, -0.1) is 0 Å². The molecule has 0 saturated carbocycles. The van der Waals surface area contributed by atoms with Crippen LogP contribution in [0.2, 0.25) is 5.15 Å². The van der Waals surface area contributed by atoms with Gasteiger partial charge in [0.05, 0.1) is 19.7 Å². The molecule has 0 saturated heterocycles. The molecule has 0 radical (unpaired) electrons. The molecule has 2 aromatic carbocycles. The van der Waals surface area contributed by atoms with Gasteiger partial charge in [-0.2, -0.15) is 0 Å². The molecule has 5 rings (SSSR count). The number of nitrogens with one attached hydrogen (secondary N) is 3. The third-order valence-corrected chi connectivity index (χ3v) is 6.42. The van der Waals surface area contributed by atoms with Crippen molar-refractivity contribution in [2.75, 3.05) is 24.9 Å². The molecule has 3 heterocycles. The third-order valence-electron chi connectivity index (χ3n) is 6.20. The van der Waals surface area contributed by atoms with Gasteiger partial charge in [-0.1, -0.05) is 32.4 Å². The largest absolute Gasteiger partial charge is 0.493 e. The molecule has 11 heteroatoms. The van der Waals surface area contributed by atoms with Crippen LogP contribution in [0.3, 0.4) is 0 Å². The number of ether oxygens (including phenoxy) is 3. The number of carbonyl (C=O) groups is 1. The number of aromatic amines is 1. The van der Waals surface area contributed by atoms with E-state index in [2.05, 4.69) is 25.6 Å². The maximum Gasteiger partial charge on any atom is 0.324 e. The van der Waals surface area contributed by atoms with Crippen molar-refractivity contribution in [3.63, 3.8) is 0 Å². The first-order valence-corrected chi connectivity index (χ1v) is 13.1. The fourth-order valence-corrected chi connectivity index (χ4v) is 4.20. The molecule has 0 atom stereocenters. The van der Waals surface area contributed by atoms with Crippen LogP contribution in [0.25, 0.3) is 22.2 Å².